The Morgan fingerprint density at radius 2 is 1.97 bits per heavy atom. The number of nitrogens with two attached hydrogens (primary N) is 1. The Morgan fingerprint density at radius 1 is 1.17 bits per heavy atom. The van der Waals surface area contributed by atoms with Crippen molar-refractivity contribution in [3.63, 3.8) is 0 Å². The Hall–Kier alpha value is -2.86. The van der Waals surface area contributed by atoms with Crippen molar-refractivity contribution in [2.45, 2.75) is 44.1 Å². The summed E-state index contributed by atoms with van der Waals surface area (Å²) in [5.74, 6) is 0.638. The summed E-state index contributed by atoms with van der Waals surface area (Å²) in [5, 5.41) is 2.96. The average Bonchev–Trinajstić information content (AvgIpc) is 3.35. The fraction of sp³-hybridized carbons (Fsp3) is 0.391. The van der Waals surface area contributed by atoms with E-state index in [1.54, 1.807) is 12.0 Å². The van der Waals surface area contributed by atoms with Crippen LogP contribution in [0.15, 0.2) is 42.5 Å². The molecule has 1 heterocycles. The average molecular weight is 393 g/mol. The molecule has 0 radical (unpaired) electrons. The van der Waals surface area contributed by atoms with Crippen LogP contribution in [0.2, 0.25) is 0 Å². The first-order valence-electron chi connectivity index (χ1n) is 10.1. The van der Waals surface area contributed by atoms with E-state index in [9.17, 15) is 9.59 Å². The summed E-state index contributed by atoms with van der Waals surface area (Å²) in [5.41, 5.74) is 9.07. The highest BCUT2D eigenvalue weighted by Gasteiger charge is 2.37. The summed E-state index contributed by atoms with van der Waals surface area (Å²) >= 11 is 0. The fourth-order valence-electron chi connectivity index (χ4n) is 4.26. The van der Waals surface area contributed by atoms with Crippen molar-refractivity contribution in [1.82, 2.24) is 0 Å². The van der Waals surface area contributed by atoms with Gasteiger partial charge in [0.1, 0.15) is 5.75 Å². The second kappa shape index (κ2) is 7.87. The zero-order chi connectivity index (χ0) is 20.4. The van der Waals surface area contributed by atoms with Gasteiger partial charge in [-0.1, -0.05) is 31.0 Å². The minimum atomic E-state index is -0.777. The molecule has 0 spiro atoms. The van der Waals surface area contributed by atoms with Gasteiger partial charge >= 0.3 is 0 Å². The second-order valence-corrected chi connectivity index (χ2v) is 7.98. The third kappa shape index (κ3) is 3.98. The van der Waals surface area contributed by atoms with E-state index in [1.807, 2.05) is 42.5 Å². The predicted molar refractivity (Wildman–Crippen MR) is 113 cm³/mol. The monoisotopic (exact) mass is 393 g/mol. The van der Waals surface area contributed by atoms with Crippen LogP contribution < -0.4 is 20.7 Å². The van der Waals surface area contributed by atoms with Crippen LogP contribution in [0.1, 0.15) is 36.8 Å². The number of nitrogens with zero attached hydrogens (tertiary/aromatic N) is 1. The number of hydrogen-bond acceptors (Lipinski definition) is 4. The number of amides is 2. The summed E-state index contributed by atoms with van der Waals surface area (Å²) in [6.45, 7) is 0.649. The number of carbonyl (C=O) groups is 2. The third-order valence-electron chi connectivity index (χ3n) is 5.98. The molecule has 1 aliphatic heterocycles. The molecule has 0 saturated heterocycles. The standard InChI is InChI=1S/C23H27N3O3/c1-29-19-6-4-5-16(13-19)14-21(27)26-12-9-17-7-8-18(15-20(17)26)25-22(28)23(24)10-2-3-11-23/h4-8,13,15H,2-3,9-12,14,24H2,1H3,(H,25,28). The Kier molecular flexibility index (Phi) is 5.28. The zero-order valence-electron chi connectivity index (χ0n) is 16.7. The molecule has 2 aliphatic rings. The van der Waals surface area contributed by atoms with Crippen molar-refractivity contribution < 1.29 is 14.3 Å². The van der Waals surface area contributed by atoms with E-state index in [0.29, 0.717) is 18.7 Å². The lowest BCUT2D eigenvalue weighted by atomic mass is 9.98. The molecule has 3 N–H and O–H groups in total. The maximum absolute atomic E-state index is 12.9. The number of anilines is 2. The minimum Gasteiger partial charge on any atom is -0.497 e. The van der Waals surface area contributed by atoms with Gasteiger partial charge in [-0.3, -0.25) is 9.59 Å². The third-order valence-corrected chi connectivity index (χ3v) is 5.98. The van der Waals surface area contributed by atoms with Crippen molar-refractivity contribution in [3.8, 4) is 5.75 Å². The molecule has 6 nitrogen and oxygen atoms in total. The molecule has 0 aromatic heterocycles. The van der Waals surface area contributed by atoms with Crippen LogP contribution in [0.5, 0.6) is 5.75 Å². The summed E-state index contributed by atoms with van der Waals surface area (Å²) in [6, 6.07) is 13.3. The molecule has 2 aromatic rings. The second-order valence-electron chi connectivity index (χ2n) is 7.98. The normalized spacial score (nSPS) is 17.1. The fourth-order valence-corrected chi connectivity index (χ4v) is 4.26. The van der Waals surface area contributed by atoms with Crippen LogP contribution in [0.25, 0.3) is 0 Å². The first kappa shape index (κ1) is 19.5. The van der Waals surface area contributed by atoms with Gasteiger partial charge in [-0.2, -0.15) is 0 Å². The van der Waals surface area contributed by atoms with Crippen molar-refractivity contribution >= 4 is 23.2 Å². The number of benzene rings is 2. The zero-order valence-corrected chi connectivity index (χ0v) is 16.7. The number of rotatable bonds is 5. The first-order valence-corrected chi connectivity index (χ1v) is 10.1. The van der Waals surface area contributed by atoms with Gasteiger partial charge in [-0.25, -0.2) is 0 Å². The van der Waals surface area contributed by atoms with Crippen molar-refractivity contribution in [2.75, 3.05) is 23.9 Å². The Bertz CT molecular complexity index is 935. The molecule has 4 rings (SSSR count). The molecule has 0 atom stereocenters. The van der Waals surface area contributed by atoms with Gasteiger partial charge < -0.3 is 20.7 Å². The first-order chi connectivity index (χ1) is 14.0. The van der Waals surface area contributed by atoms with Gasteiger partial charge in [-0.15, -0.1) is 0 Å². The number of nitrogens with one attached hydrogen (secondary N) is 1. The molecule has 1 saturated carbocycles. The van der Waals surface area contributed by atoms with Crippen molar-refractivity contribution in [3.05, 3.63) is 53.6 Å². The molecule has 6 heteroatoms. The van der Waals surface area contributed by atoms with Gasteiger partial charge in [-0.05, 0) is 54.7 Å². The molecule has 2 aromatic carbocycles. The molecule has 0 bridgehead atoms. The molecule has 29 heavy (non-hydrogen) atoms. The summed E-state index contributed by atoms with van der Waals surface area (Å²) < 4.78 is 5.25. The van der Waals surface area contributed by atoms with Crippen LogP contribution in [-0.4, -0.2) is 31.0 Å². The lowest BCUT2D eigenvalue weighted by Gasteiger charge is -2.23. The molecule has 2 amide bonds. The van der Waals surface area contributed by atoms with E-state index < -0.39 is 5.54 Å². The smallest absolute Gasteiger partial charge is 0.244 e. The largest absolute Gasteiger partial charge is 0.497 e. The lowest BCUT2D eigenvalue weighted by Crippen LogP contribution is -2.48. The van der Waals surface area contributed by atoms with Crippen molar-refractivity contribution in [1.29, 1.82) is 0 Å². The van der Waals surface area contributed by atoms with Crippen molar-refractivity contribution in [2.24, 2.45) is 5.73 Å². The number of methoxy groups -OCH3 is 1. The number of hydrogen-bond donors (Lipinski definition) is 2. The van der Waals surface area contributed by atoms with Crippen LogP contribution >= 0.6 is 0 Å². The summed E-state index contributed by atoms with van der Waals surface area (Å²) in [6.07, 6.45) is 4.53. The highest BCUT2D eigenvalue weighted by Crippen LogP contribution is 2.33. The Balaban J connectivity index is 1.49. The Labute approximate surface area is 171 Å². The van der Waals surface area contributed by atoms with Crippen LogP contribution in [0.4, 0.5) is 11.4 Å². The van der Waals surface area contributed by atoms with Gasteiger partial charge in [0.2, 0.25) is 11.8 Å². The predicted octanol–water partition coefficient (Wildman–Crippen LogP) is 3.04. The molecule has 152 valence electrons. The quantitative estimate of drug-likeness (QED) is 0.818. The SMILES string of the molecule is COc1cccc(CC(=O)N2CCc3ccc(NC(=O)C4(N)CCCC4)cc32)c1. The van der Waals surface area contributed by atoms with Crippen LogP contribution in [-0.2, 0) is 22.4 Å². The maximum Gasteiger partial charge on any atom is 0.244 e. The molecule has 1 fully saturated rings. The Morgan fingerprint density at radius 3 is 2.72 bits per heavy atom. The van der Waals surface area contributed by atoms with Crippen LogP contribution in [0.3, 0.4) is 0 Å². The van der Waals surface area contributed by atoms with Gasteiger partial charge in [0.25, 0.3) is 0 Å². The lowest BCUT2D eigenvalue weighted by molar-refractivity contribution is -0.121. The van der Waals surface area contributed by atoms with E-state index >= 15 is 0 Å². The van der Waals surface area contributed by atoms with E-state index in [4.69, 9.17) is 10.5 Å². The highest BCUT2D eigenvalue weighted by atomic mass is 16.5. The number of fused-ring (bicyclic) bond motifs is 1. The van der Waals surface area contributed by atoms with Crippen LogP contribution in [0, 0.1) is 0 Å². The topological polar surface area (TPSA) is 84.7 Å². The van der Waals surface area contributed by atoms with Gasteiger partial charge in [0.05, 0.1) is 19.1 Å². The van der Waals surface area contributed by atoms with Gasteiger partial charge in [0.15, 0.2) is 0 Å². The van der Waals surface area contributed by atoms with E-state index in [1.165, 1.54) is 0 Å². The molecule has 1 aliphatic carbocycles. The van der Waals surface area contributed by atoms with E-state index in [-0.39, 0.29) is 11.8 Å². The maximum atomic E-state index is 12.9. The highest BCUT2D eigenvalue weighted by molar-refractivity contribution is 6.00. The molecular formula is C23H27N3O3. The summed E-state index contributed by atoms with van der Waals surface area (Å²) in [4.78, 5) is 27.4. The number of carbonyl (C=O) groups excluding carboxylic acids is 2. The van der Waals surface area contributed by atoms with Gasteiger partial charge in [0, 0.05) is 17.9 Å². The van der Waals surface area contributed by atoms with E-state index in [0.717, 1.165) is 54.7 Å². The van der Waals surface area contributed by atoms with E-state index in [2.05, 4.69) is 5.32 Å². The minimum absolute atomic E-state index is 0.0339. The molecular weight excluding hydrogens is 366 g/mol. The summed E-state index contributed by atoms with van der Waals surface area (Å²) in [7, 11) is 1.62. The number of ether oxygens (including phenoxy) is 1. The molecule has 0 unspecified atom stereocenters.